The summed E-state index contributed by atoms with van der Waals surface area (Å²) in [6, 6.07) is 12.2. The second-order valence-electron chi connectivity index (χ2n) is 4.70. The van der Waals surface area contributed by atoms with Crippen molar-refractivity contribution in [2.45, 2.75) is 13.0 Å². The highest BCUT2D eigenvalue weighted by molar-refractivity contribution is 6.31. The predicted octanol–water partition coefficient (Wildman–Crippen LogP) is 3.42. The third-order valence-corrected chi connectivity index (χ3v) is 3.43. The molecule has 1 amide bonds. The number of nitrogen functional groups attached to an aromatic ring is 1. The molecule has 0 bridgehead atoms. The van der Waals surface area contributed by atoms with E-state index in [0.29, 0.717) is 16.3 Å². The van der Waals surface area contributed by atoms with Gasteiger partial charge in [-0.15, -0.1) is 0 Å². The van der Waals surface area contributed by atoms with E-state index in [0.717, 1.165) is 11.3 Å². The van der Waals surface area contributed by atoms with Gasteiger partial charge in [0.25, 0.3) is 5.91 Å². The van der Waals surface area contributed by atoms with Gasteiger partial charge in [0.1, 0.15) is 5.75 Å². The fourth-order valence-corrected chi connectivity index (χ4v) is 2.19. The summed E-state index contributed by atoms with van der Waals surface area (Å²) in [6.07, 6.45) is 0. The number of nitrogens with one attached hydrogen (secondary N) is 1. The van der Waals surface area contributed by atoms with E-state index in [1.54, 1.807) is 25.3 Å². The molecule has 0 fully saturated rings. The number of amides is 1. The van der Waals surface area contributed by atoms with Gasteiger partial charge < -0.3 is 15.8 Å². The zero-order valence-corrected chi connectivity index (χ0v) is 12.6. The lowest BCUT2D eigenvalue weighted by Crippen LogP contribution is -2.27. The SMILES string of the molecule is COc1cccc(C(C)NC(=O)c2ccc(Cl)cc2N)c1. The number of ether oxygens (including phenoxy) is 1. The van der Waals surface area contributed by atoms with Crippen molar-refractivity contribution in [1.82, 2.24) is 5.32 Å². The molecule has 0 spiro atoms. The van der Waals surface area contributed by atoms with Gasteiger partial charge >= 0.3 is 0 Å². The number of hydrogen-bond donors (Lipinski definition) is 2. The molecule has 0 heterocycles. The van der Waals surface area contributed by atoms with Crippen LogP contribution in [-0.2, 0) is 0 Å². The highest BCUT2D eigenvalue weighted by atomic mass is 35.5. The van der Waals surface area contributed by atoms with Crippen LogP contribution in [0.1, 0.15) is 28.9 Å². The van der Waals surface area contributed by atoms with Crippen molar-refractivity contribution < 1.29 is 9.53 Å². The third kappa shape index (κ3) is 3.67. The first-order chi connectivity index (χ1) is 10.0. The minimum Gasteiger partial charge on any atom is -0.497 e. The summed E-state index contributed by atoms with van der Waals surface area (Å²) in [5, 5.41) is 3.41. The number of anilines is 1. The normalized spacial score (nSPS) is 11.8. The molecule has 3 N–H and O–H groups in total. The Morgan fingerprint density at radius 3 is 2.71 bits per heavy atom. The Hall–Kier alpha value is -2.20. The van der Waals surface area contributed by atoms with Gasteiger partial charge in [0.15, 0.2) is 0 Å². The Bertz CT molecular complexity index is 658. The molecule has 110 valence electrons. The van der Waals surface area contributed by atoms with E-state index in [1.165, 1.54) is 0 Å². The van der Waals surface area contributed by atoms with E-state index >= 15 is 0 Å². The fraction of sp³-hybridized carbons (Fsp3) is 0.188. The summed E-state index contributed by atoms with van der Waals surface area (Å²) >= 11 is 5.83. The molecule has 1 unspecified atom stereocenters. The summed E-state index contributed by atoms with van der Waals surface area (Å²) < 4.78 is 5.18. The quantitative estimate of drug-likeness (QED) is 0.851. The second-order valence-corrected chi connectivity index (χ2v) is 5.14. The molecule has 0 aliphatic heterocycles. The lowest BCUT2D eigenvalue weighted by atomic mass is 10.1. The Balaban J connectivity index is 2.14. The summed E-state index contributed by atoms with van der Waals surface area (Å²) in [6.45, 7) is 1.90. The molecule has 5 heteroatoms. The zero-order valence-electron chi connectivity index (χ0n) is 11.9. The minimum absolute atomic E-state index is 0.164. The van der Waals surface area contributed by atoms with E-state index in [2.05, 4.69) is 5.32 Å². The lowest BCUT2D eigenvalue weighted by Gasteiger charge is -2.16. The molecule has 0 aromatic heterocycles. The zero-order chi connectivity index (χ0) is 15.4. The summed E-state index contributed by atoms with van der Waals surface area (Å²) in [4.78, 5) is 12.2. The van der Waals surface area contributed by atoms with Gasteiger partial charge in [-0.3, -0.25) is 4.79 Å². The maximum atomic E-state index is 12.2. The van der Waals surface area contributed by atoms with Crippen molar-refractivity contribution in [2.24, 2.45) is 0 Å². The first-order valence-electron chi connectivity index (χ1n) is 6.51. The average Bonchev–Trinajstić information content (AvgIpc) is 2.47. The van der Waals surface area contributed by atoms with Crippen LogP contribution in [-0.4, -0.2) is 13.0 Å². The number of rotatable bonds is 4. The van der Waals surface area contributed by atoms with Crippen LogP contribution < -0.4 is 15.8 Å². The number of halogens is 1. The number of benzene rings is 2. The standard InChI is InChI=1S/C16H17ClN2O2/c1-10(11-4-3-5-13(8-11)21-2)19-16(20)14-7-6-12(17)9-15(14)18/h3-10H,18H2,1-2H3,(H,19,20). The van der Waals surface area contributed by atoms with Crippen LogP contribution in [0.5, 0.6) is 5.75 Å². The molecule has 2 rings (SSSR count). The average molecular weight is 305 g/mol. The van der Waals surface area contributed by atoms with Gasteiger partial charge in [0.2, 0.25) is 0 Å². The number of hydrogen-bond acceptors (Lipinski definition) is 3. The van der Waals surface area contributed by atoms with Crippen molar-refractivity contribution in [3.05, 3.63) is 58.6 Å². The van der Waals surface area contributed by atoms with E-state index in [1.807, 2.05) is 31.2 Å². The van der Waals surface area contributed by atoms with Crippen molar-refractivity contribution >= 4 is 23.2 Å². The molecule has 0 aliphatic carbocycles. The van der Waals surface area contributed by atoms with Crippen LogP contribution in [0.25, 0.3) is 0 Å². The van der Waals surface area contributed by atoms with E-state index in [-0.39, 0.29) is 11.9 Å². The molecular formula is C16H17ClN2O2. The topological polar surface area (TPSA) is 64.3 Å². The van der Waals surface area contributed by atoms with E-state index in [9.17, 15) is 4.79 Å². The molecule has 0 aliphatic rings. The van der Waals surface area contributed by atoms with Crippen molar-refractivity contribution in [3.63, 3.8) is 0 Å². The van der Waals surface area contributed by atoms with Crippen molar-refractivity contribution in [2.75, 3.05) is 12.8 Å². The Morgan fingerprint density at radius 2 is 2.05 bits per heavy atom. The Labute approximate surface area is 128 Å². The fourth-order valence-electron chi connectivity index (χ4n) is 2.01. The number of carbonyl (C=O) groups excluding carboxylic acids is 1. The molecular weight excluding hydrogens is 288 g/mol. The number of nitrogens with two attached hydrogens (primary N) is 1. The maximum Gasteiger partial charge on any atom is 0.253 e. The maximum absolute atomic E-state index is 12.2. The van der Waals surface area contributed by atoms with Gasteiger partial charge in [-0.25, -0.2) is 0 Å². The molecule has 2 aromatic carbocycles. The van der Waals surface area contributed by atoms with Crippen LogP contribution in [0, 0.1) is 0 Å². The van der Waals surface area contributed by atoms with Crippen LogP contribution in [0.3, 0.4) is 0 Å². The largest absolute Gasteiger partial charge is 0.497 e. The van der Waals surface area contributed by atoms with Gasteiger partial charge in [0, 0.05) is 10.7 Å². The summed E-state index contributed by atoms with van der Waals surface area (Å²) in [5.74, 6) is 0.513. The van der Waals surface area contributed by atoms with Crippen molar-refractivity contribution in [1.29, 1.82) is 0 Å². The lowest BCUT2D eigenvalue weighted by molar-refractivity contribution is 0.0940. The molecule has 0 saturated carbocycles. The molecule has 4 nitrogen and oxygen atoms in total. The third-order valence-electron chi connectivity index (χ3n) is 3.20. The van der Waals surface area contributed by atoms with Crippen LogP contribution in [0.4, 0.5) is 5.69 Å². The molecule has 1 atom stereocenters. The van der Waals surface area contributed by atoms with Gasteiger partial charge in [-0.05, 0) is 42.8 Å². The first-order valence-corrected chi connectivity index (χ1v) is 6.89. The van der Waals surface area contributed by atoms with Crippen LogP contribution in [0.15, 0.2) is 42.5 Å². The van der Waals surface area contributed by atoms with Gasteiger partial charge in [-0.2, -0.15) is 0 Å². The Kier molecular flexibility index (Phi) is 4.70. The van der Waals surface area contributed by atoms with Crippen LogP contribution in [0.2, 0.25) is 5.02 Å². The molecule has 21 heavy (non-hydrogen) atoms. The molecule has 2 aromatic rings. The van der Waals surface area contributed by atoms with Crippen LogP contribution >= 0.6 is 11.6 Å². The number of methoxy groups -OCH3 is 1. The van der Waals surface area contributed by atoms with E-state index < -0.39 is 0 Å². The number of carbonyl (C=O) groups is 1. The minimum atomic E-state index is -0.237. The Morgan fingerprint density at radius 1 is 1.29 bits per heavy atom. The smallest absolute Gasteiger partial charge is 0.253 e. The first kappa shape index (κ1) is 15.2. The predicted molar refractivity (Wildman–Crippen MR) is 84.7 cm³/mol. The second kappa shape index (κ2) is 6.50. The molecule has 0 saturated heterocycles. The highest BCUT2D eigenvalue weighted by Crippen LogP contribution is 2.21. The summed E-state index contributed by atoms with van der Waals surface area (Å²) in [5.41, 5.74) is 7.54. The van der Waals surface area contributed by atoms with Gasteiger partial charge in [-0.1, -0.05) is 23.7 Å². The van der Waals surface area contributed by atoms with Crippen molar-refractivity contribution in [3.8, 4) is 5.75 Å². The van der Waals surface area contributed by atoms with Gasteiger partial charge in [0.05, 0.1) is 18.7 Å². The monoisotopic (exact) mass is 304 g/mol. The molecule has 0 radical (unpaired) electrons. The summed E-state index contributed by atoms with van der Waals surface area (Å²) in [7, 11) is 1.61. The van der Waals surface area contributed by atoms with E-state index in [4.69, 9.17) is 22.1 Å². The highest BCUT2D eigenvalue weighted by Gasteiger charge is 2.14.